The first-order chi connectivity index (χ1) is 11.2. The third-order valence-corrected chi connectivity index (χ3v) is 3.46. The number of H-pyrrole nitrogens is 1. The van der Waals surface area contributed by atoms with Crippen molar-refractivity contribution in [2.45, 2.75) is 19.8 Å². The molecular weight excluding hydrogens is 290 g/mol. The van der Waals surface area contributed by atoms with E-state index in [2.05, 4.69) is 17.1 Å². The van der Waals surface area contributed by atoms with Crippen molar-refractivity contribution in [3.05, 3.63) is 59.4 Å². The monoisotopic (exact) mass is 313 g/mol. The molecule has 0 aliphatic heterocycles. The molecule has 1 heterocycles. The maximum absolute atomic E-state index is 12.5. The summed E-state index contributed by atoms with van der Waals surface area (Å²) >= 11 is 0. The van der Waals surface area contributed by atoms with Gasteiger partial charge in [0, 0.05) is 18.8 Å². The Hall–Kier alpha value is -2.40. The summed E-state index contributed by atoms with van der Waals surface area (Å²) in [5.41, 5.74) is 2.43. The molecule has 0 saturated carbocycles. The second-order valence-electron chi connectivity index (χ2n) is 5.32. The Morgan fingerprint density at radius 2 is 2.13 bits per heavy atom. The van der Waals surface area contributed by atoms with Gasteiger partial charge in [-0.3, -0.25) is 9.89 Å². The Morgan fingerprint density at radius 3 is 2.83 bits per heavy atom. The molecule has 1 aromatic carbocycles. The minimum Gasteiger partial charge on any atom is -0.395 e. The van der Waals surface area contributed by atoms with Crippen LogP contribution < -0.4 is 0 Å². The molecule has 0 spiro atoms. The van der Waals surface area contributed by atoms with Crippen LogP contribution in [0.15, 0.2) is 42.5 Å². The molecule has 0 fully saturated rings. The molecule has 122 valence electrons. The van der Waals surface area contributed by atoms with Gasteiger partial charge in [0.15, 0.2) is 0 Å². The second-order valence-corrected chi connectivity index (χ2v) is 5.32. The van der Waals surface area contributed by atoms with Crippen molar-refractivity contribution in [1.29, 1.82) is 0 Å². The number of hydrogen-bond donors (Lipinski definition) is 2. The summed E-state index contributed by atoms with van der Waals surface area (Å²) in [6.07, 6.45) is 5.75. The van der Waals surface area contributed by atoms with Crippen LogP contribution in [0.5, 0.6) is 0 Å². The van der Waals surface area contributed by atoms with E-state index < -0.39 is 0 Å². The summed E-state index contributed by atoms with van der Waals surface area (Å²) < 4.78 is 0. The molecule has 0 unspecified atom stereocenters. The normalized spacial score (nSPS) is 11.0. The molecule has 2 N–H and O–H groups in total. The zero-order chi connectivity index (χ0) is 16.5. The number of carbonyl (C=O) groups is 1. The van der Waals surface area contributed by atoms with Crippen LogP contribution in [-0.2, 0) is 6.42 Å². The van der Waals surface area contributed by atoms with E-state index in [9.17, 15) is 9.90 Å². The molecule has 23 heavy (non-hydrogen) atoms. The first kappa shape index (κ1) is 17.0. The fraction of sp³-hybridized carbons (Fsp3) is 0.333. The van der Waals surface area contributed by atoms with Crippen molar-refractivity contribution in [1.82, 2.24) is 15.1 Å². The van der Waals surface area contributed by atoms with E-state index in [4.69, 9.17) is 0 Å². The van der Waals surface area contributed by atoms with Gasteiger partial charge < -0.3 is 10.0 Å². The lowest BCUT2D eigenvalue weighted by Gasteiger charge is -2.18. The van der Waals surface area contributed by atoms with Crippen molar-refractivity contribution >= 4 is 12.0 Å². The molecule has 0 saturated heterocycles. The topological polar surface area (TPSA) is 69.2 Å². The van der Waals surface area contributed by atoms with Gasteiger partial charge in [-0.25, -0.2) is 0 Å². The number of benzene rings is 1. The second kappa shape index (κ2) is 8.90. The van der Waals surface area contributed by atoms with Gasteiger partial charge in [-0.15, -0.1) is 0 Å². The number of aliphatic hydroxyl groups is 1. The zero-order valence-corrected chi connectivity index (χ0v) is 13.4. The van der Waals surface area contributed by atoms with Crippen LogP contribution >= 0.6 is 0 Å². The van der Waals surface area contributed by atoms with E-state index in [-0.39, 0.29) is 19.1 Å². The highest BCUT2D eigenvalue weighted by Crippen LogP contribution is 2.07. The Kier molecular flexibility index (Phi) is 6.56. The van der Waals surface area contributed by atoms with Gasteiger partial charge in [0.2, 0.25) is 0 Å². The smallest absolute Gasteiger partial charge is 0.274 e. The number of aryl methyl sites for hydroxylation is 1. The minimum atomic E-state index is -0.171. The maximum Gasteiger partial charge on any atom is 0.274 e. The van der Waals surface area contributed by atoms with E-state index >= 15 is 0 Å². The van der Waals surface area contributed by atoms with Crippen LogP contribution in [0.4, 0.5) is 0 Å². The van der Waals surface area contributed by atoms with E-state index in [1.807, 2.05) is 42.5 Å². The summed E-state index contributed by atoms with van der Waals surface area (Å²) in [7, 11) is 0. The summed E-state index contributed by atoms with van der Waals surface area (Å²) in [6, 6.07) is 11.7. The summed E-state index contributed by atoms with van der Waals surface area (Å²) in [4.78, 5) is 14.1. The zero-order valence-electron chi connectivity index (χ0n) is 13.4. The number of aliphatic hydroxyl groups excluding tert-OH is 1. The largest absolute Gasteiger partial charge is 0.395 e. The molecule has 0 aliphatic rings. The van der Waals surface area contributed by atoms with Gasteiger partial charge in [0.05, 0.1) is 6.61 Å². The molecular formula is C18H23N3O2. The molecule has 0 atom stereocenters. The lowest BCUT2D eigenvalue weighted by atomic mass is 10.2. The number of aromatic amines is 1. The summed E-state index contributed by atoms with van der Waals surface area (Å²) in [5.74, 6) is -0.171. The molecule has 0 radical (unpaired) electrons. The fourth-order valence-electron chi connectivity index (χ4n) is 2.31. The molecule has 2 rings (SSSR count). The maximum atomic E-state index is 12.5. The van der Waals surface area contributed by atoms with E-state index in [0.29, 0.717) is 12.2 Å². The molecule has 2 aromatic rings. The average Bonchev–Trinajstić information content (AvgIpc) is 3.03. The predicted molar refractivity (Wildman–Crippen MR) is 91.0 cm³/mol. The lowest BCUT2D eigenvalue weighted by Crippen LogP contribution is -2.34. The molecule has 0 bridgehead atoms. The summed E-state index contributed by atoms with van der Waals surface area (Å²) in [5, 5.41) is 16.2. The van der Waals surface area contributed by atoms with E-state index in [1.165, 1.54) is 0 Å². The highest BCUT2D eigenvalue weighted by Gasteiger charge is 2.17. The highest BCUT2D eigenvalue weighted by atomic mass is 16.3. The van der Waals surface area contributed by atoms with Crippen molar-refractivity contribution in [3.8, 4) is 0 Å². The van der Waals surface area contributed by atoms with Gasteiger partial charge >= 0.3 is 0 Å². The molecule has 1 aromatic heterocycles. The number of carbonyl (C=O) groups excluding carboxylic acids is 1. The van der Waals surface area contributed by atoms with Crippen LogP contribution in [-0.4, -0.2) is 45.8 Å². The minimum absolute atomic E-state index is 0.0723. The third-order valence-electron chi connectivity index (χ3n) is 3.46. The fourth-order valence-corrected chi connectivity index (χ4v) is 2.31. The van der Waals surface area contributed by atoms with Crippen LogP contribution in [0.25, 0.3) is 6.08 Å². The predicted octanol–water partition coefficient (Wildman–Crippen LogP) is 2.51. The number of rotatable bonds is 8. The Bertz CT molecular complexity index is 635. The number of amides is 1. The SMILES string of the molecule is CCCc1cc(C(=O)N(C/C=C/c2ccccc2)CCO)n[nH]1. The van der Waals surface area contributed by atoms with Crippen molar-refractivity contribution in [2.75, 3.05) is 19.7 Å². The van der Waals surface area contributed by atoms with Gasteiger partial charge in [-0.2, -0.15) is 5.10 Å². The Balaban J connectivity index is 2.01. The average molecular weight is 313 g/mol. The van der Waals surface area contributed by atoms with Crippen LogP contribution in [0, 0.1) is 0 Å². The van der Waals surface area contributed by atoms with Gasteiger partial charge in [0.25, 0.3) is 5.91 Å². The third kappa shape index (κ3) is 5.07. The van der Waals surface area contributed by atoms with Crippen LogP contribution in [0.3, 0.4) is 0 Å². The number of nitrogens with one attached hydrogen (secondary N) is 1. The first-order valence-corrected chi connectivity index (χ1v) is 7.90. The first-order valence-electron chi connectivity index (χ1n) is 7.90. The van der Waals surface area contributed by atoms with Crippen molar-refractivity contribution in [3.63, 3.8) is 0 Å². The Morgan fingerprint density at radius 1 is 1.35 bits per heavy atom. The number of hydrogen-bond acceptors (Lipinski definition) is 3. The lowest BCUT2D eigenvalue weighted by molar-refractivity contribution is 0.0737. The van der Waals surface area contributed by atoms with Gasteiger partial charge in [0.1, 0.15) is 5.69 Å². The molecule has 5 heteroatoms. The standard InChI is InChI=1S/C18H23N3O2/c1-2-7-16-14-17(20-19-16)18(23)21(12-13-22)11-6-10-15-8-4-3-5-9-15/h3-6,8-10,14,22H,2,7,11-13H2,1H3,(H,19,20)/b10-6+. The number of aromatic nitrogens is 2. The van der Waals surface area contributed by atoms with Gasteiger partial charge in [-0.1, -0.05) is 55.8 Å². The number of nitrogens with zero attached hydrogens (tertiary/aromatic N) is 2. The van der Waals surface area contributed by atoms with Gasteiger partial charge in [-0.05, 0) is 18.1 Å². The van der Waals surface area contributed by atoms with E-state index in [0.717, 1.165) is 24.1 Å². The molecule has 0 aliphatic carbocycles. The van der Waals surface area contributed by atoms with Crippen molar-refractivity contribution in [2.24, 2.45) is 0 Å². The molecule has 1 amide bonds. The highest BCUT2D eigenvalue weighted by molar-refractivity contribution is 5.92. The Labute approximate surface area is 136 Å². The quantitative estimate of drug-likeness (QED) is 0.787. The molecule has 5 nitrogen and oxygen atoms in total. The van der Waals surface area contributed by atoms with Crippen LogP contribution in [0.1, 0.15) is 35.1 Å². The van der Waals surface area contributed by atoms with Crippen LogP contribution in [0.2, 0.25) is 0 Å². The summed E-state index contributed by atoms with van der Waals surface area (Å²) in [6.45, 7) is 2.73. The van der Waals surface area contributed by atoms with Crippen molar-refractivity contribution < 1.29 is 9.90 Å². The van der Waals surface area contributed by atoms with E-state index in [1.54, 1.807) is 11.0 Å².